The number of nitrogens with zero attached hydrogens (tertiary/aromatic N) is 1. The lowest BCUT2D eigenvalue weighted by atomic mass is 10.2. The number of urea groups is 1. The third-order valence-corrected chi connectivity index (χ3v) is 7.13. The predicted molar refractivity (Wildman–Crippen MR) is 104 cm³/mol. The van der Waals surface area contributed by atoms with Gasteiger partial charge in [-0.1, -0.05) is 12.1 Å². The van der Waals surface area contributed by atoms with Gasteiger partial charge in [0, 0.05) is 25.2 Å². The second-order valence-corrected chi connectivity index (χ2v) is 9.26. The van der Waals surface area contributed by atoms with Gasteiger partial charge in [0.25, 0.3) is 0 Å². The Bertz CT molecular complexity index is 984. The molecule has 2 aliphatic heterocycles. The molecule has 4 rings (SSSR count). The lowest BCUT2D eigenvalue weighted by Gasteiger charge is -2.38. The molecule has 0 aliphatic carbocycles. The van der Waals surface area contributed by atoms with Gasteiger partial charge in [0.1, 0.15) is 27.8 Å². The Morgan fingerprint density at radius 2 is 1.86 bits per heavy atom. The molecule has 0 bridgehead atoms. The quantitative estimate of drug-likeness (QED) is 0.804. The first kappa shape index (κ1) is 19.7. The van der Waals surface area contributed by atoms with Crippen LogP contribution in [0.1, 0.15) is 6.42 Å². The molecule has 0 aromatic heterocycles. The van der Waals surface area contributed by atoms with Crippen molar-refractivity contribution in [2.45, 2.75) is 22.7 Å². The van der Waals surface area contributed by atoms with Crippen molar-refractivity contribution in [2.24, 2.45) is 0 Å². The Hall–Kier alpha value is -2.65. The molecular weight excluding hydrogens is 399 g/mol. The van der Waals surface area contributed by atoms with Crippen molar-refractivity contribution >= 4 is 21.6 Å². The largest absolute Gasteiger partial charge is 0.488 e. The van der Waals surface area contributed by atoms with Crippen LogP contribution in [0.2, 0.25) is 0 Å². The number of hydrogen-bond acceptors (Lipinski definition) is 5. The second-order valence-electron chi connectivity index (χ2n) is 7.06. The number of sulfone groups is 1. The van der Waals surface area contributed by atoms with Gasteiger partial charge in [0.2, 0.25) is 0 Å². The number of benzene rings is 2. The summed E-state index contributed by atoms with van der Waals surface area (Å²) in [5.74, 6) is -0.0830. The van der Waals surface area contributed by atoms with Crippen LogP contribution < -0.4 is 10.1 Å². The van der Waals surface area contributed by atoms with Crippen LogP contribution in [0.5, 0.6) is 5.75 Å². The Morgan fingerprint density at radius 1 is 1.14 bits per heavy atom. The number of likely N-dealkylation sites (tertiary alicyclic amines) is 1. The molecule has 2 heterocycles. The van der Waals surface area contributed by atoms with Gasteiger partial charge in [-0.25, -0.2) is 17.6 Å². The van der Waals surface area contributed by atoms with Gasteiger partial charge >= 0.3 is 6.03 Å². The fourth-order valence-electron chi connectivity index (χ4n) is 3.27. The van der Waals surface area contributed by atoms with Crippen molar-refractivity contribution in [3.63, 3.8) is 0 Å². The zero-order valence-corrected chi connectivity index (χ0v) is 16.4. The van der Waals surface area contributed by atoms with E-state index in [0.29, 0.717) is 24.7 Å². The molecule has 1 unspecified atom stereocenters. The van der Waals surface area contributed by atoms with E-state index in [1.165, 1.54) is 23.1 Å². The summed E-state index contributed by atoms with van der Waals surface area (Å²) in [5, 5.41) is 1.92. The second kappa shape index (κ2) is 8.00. The maximum absolute atomic E-state index is 13.8. The van der Waals surface area contributed by atoms with E-state index in [0.717, 1.165) is 12.5 Å². The standard InChI is InChI=1S/C20H21FN2O5S/c21-18-3-1-2-4-19(18)29(25,26)17-11-23(12-17)20(24)22-14-5-7-15(8-6-14)28-16-9-10-27-13-16/h1-8,16-17H,9-13H2,(H,22,24). The summed E-state index contributed by atoms with van der Waals surface area (Å²) in [7, 11) is -3.81. The van der Waals surface area contributed by atoms with Crippen molar-refractivity contribution in [2.75, 3.05) is 31.6 Å². The number of ether oxygens (including phenoxy) is 2. The fourth-order valence-corrected chi connectivity index (χ4v) is 4.99. The summed E-state index contributed by atoms with van der Waals surface area (Å²) in [4.78, 5) is 13.4. The Labute approximate surface area is 168 Å². The number of carbonyl (C=O) groups is 1. The minimum Gasteiger partial charge on any atom is -0.488 e. The van der Waals surface area contributed by atoms with E-state index in [4.69, 9.17) is 9.47 Å². The molecule has 7 nitrogen and oxygen atoms in total. The Kier molecular flexibility index (Phi) is 5.42. The van der Waals surface area contributed by atoms with Crippen molar-refractivity contribution < 1.29 is 27.1 Å². The number of anilines is 1. The normalized spacial score (nSPS) is 19.6. The van der Waals surface area contributed by atoms with Crippen molar-refractivity contribution in [3.8, 4) is 5.75 Å². The van der Waals surface area contributed by atoms with Gasteiger partial charge < -0.3 is 19.7 Å². The summed E-state index contributed by atoms with van der Waals surface area (Å²) in [6.45, 7) is 1.31. The Balaban J connectivity index is 1.31. The van der Waals surface area contributed by atoms with Crippen molar-refractivity contribution in [3.05, 3.63) is 54.3 Å². The van der Waals surface area contributed by atoms with E-state index in [9.17, 15) is 17.6 Å². The van der Waals surface area contributed by atoms with Crippen molar-refractivity contribution in [1.29, 1.82) is 0 Å². The minimum atomic E-state index is -3.81. The first-order valence-corrected chi connectivity index (χ1v) is 10.9. The number of carbonyl (C=O) groups excluding carboxylic acids is 1. The molecule has 2 fully saturated rings. The van der Waals surface area contributed by atoms with Crippen LogP contribution >= 0.6 is 0 Å². The van der Waals surface area contributed by atoms with E-state index < -0.39 is 26.9 Å². The third-order valence-electron chi connectivity index (χ3n) is 5.01. The topological polar surface area (TPSA) is 84.9 Å². The van der Waals surface area contributed by atoms with Gasteiger partial charge in [0.15, 0.2) is 9.84 Å². The first-order valence-electron chi connectivity index (χ1n) is 9.32. The smallest absolute Gasteiger partial charge is 0.321 e. The van der Waals surface area contributed by atoms with Crippen LogP contribution in [0.15, 0.2) is 53.4 Å². The molecule has 0 saturated carbocycles. The number of hydrogen-bond donors (Lipinski definition) is 1. The summed E-state index contributed by atoms with van der Waals surface area (Å²) < 4.78 is 49.9. The molecule has 2 aromatic carbocycles. The average Bonchev–Trinajstić information content (AvgIpc) is 3.15. The van der Waals surface area contributed by atoms with Crippen LogP contribution in [0.4, 0.5) is 14.9 Å². The van der Waals surface area contributed by atoms with Crippen LogP contribution in [-0.2, 0) is 14.6 Å². The zero-order valence-electron chi connectivity index (χ0n) is 15.6. The van der Waals surface area contributed by atoms with Gasteiger partial charge in [-0.2, -0.15) is 0 Å². The van der Waals surface area contributed by atoms with Gasteiger partial charge in [-0.05, 0) is 36.4 Å². The molecule has 0 spiro atoms. The first-order chi connectivity index (χ1) is 13.9. The van der Waals surface area contributed by atoms with E-state index >= 15 is 0 Å². The monoisotopic (exact) mass is 420 g/mol. The molecule has 29 heavy (non-hydrogen) atoms. The molecule has 154 valence electrons. The van der Waals surface area contributed by atoms with Crippen LogP contribution in [0.3, 0.4) is 0 Å². The maximum Gasteiger partial charge on any atom is 0.321 e. The lowest BCUT2D eigenvalue weighted by Crippen LogP contribution is -2.58. The number of amides is 2. The van der Waals surface area contributed by atoms with Gasteiger partial charge in [-0.15, -0.1) is 0 Å². The molecule has 0 radical (unpaired) electrons. The summed E-state index contributed by atoms with van der Waals surface area (Å²) in [5.41, 5.74) is 0.574. The summed E-state index contributed by atoms with van der Waals surface area (Å²) >= 11 is 0. The van der Waals surface area contributed by atoms with Crippen molar-refractivity contribution in [1.82, 2.24) is 4.90 Å². The lowest BCUT2D eigenvalue weighted by molar-refractivity contribution is 0.141. The van der Waals surface area contributed by atoms with E-state index in [1.54, 1.807) is 24.3 Å². The Morgan fingerprint density at radius 3 is 2.52 bits per heavy atom. The van der Waals surface area contributed by atoms with Crippen LogP contribution in [0.25, 0.3) is 0 Å². The predicted octanol–water partition coefficient (Wildman–Crippen LogP) is 2.68. The molecule has 2 amide bonds. The molecule has 1 N–H and O–H groups in total. The average molecular weight is 420 g/mol. The van der Waals surface area contributed by atoms with Crippen LogP contribution in [-0.4, -0.2) is 57.0 Å². The molecule has 2 aliphatic rings. The SMILES string of the molecule is O=C(Nc1ccc(OC2CCOC2)cc1)N1CC(S(=O)(=O)c2ccccc2F)C1. The van der Waals surface area contributed by atoms with Crippen LogP contribution in [0, 0.1) is 5.82 Å². The van der Waals surface area contributed by atoms with Gasteiger partial charge in [0.05, 0.1) is 13.2 Å². The molecule has 2 aromatic rings. The molecule has 9 heteroatoms. The number of nitrogens with one attached hydrogen (secondary N) is 1. The zero-order chi connectivity index (χ0) is 20.4. The number of rotatable bonds is 5. The minimum absolute atomic E-state index is 0.0192. The fraction of sp³-hybridized carbons (Fsp3) is 0.350. The highest BCUT2D eigenvalue weighted by Gasteiger charge is 2.41. The van der Waals surface area contributed by atoms with E-state index in [1.807, 2.05) is 0 Å². The highest BCUT2D eigenvalue weighted by atomic mass is 32.2. The summed E-state index contributed by atoms with van der Waals surface area (Å²) in [6.07, 6.45) is 0.898. The molecule has 1 atom stereocenters. The van der Waals surface area contributed by atoms with Gasteiger partial charge in [-0.3, -0.25) is 0 Å². The highest BCUT2D eigenvalue weighted by Crippen LogP contribution is 2.26. The maximum atomic E-state index is 13.8. The molecule has 2 saturated heterocycles. The molecular formula is C20H21FN2O5S. The van der Waals surface area contributed by atoms with E-state index in [2.05, 4.69) is 5.32 Å². The van der Waals surface area contributed by atoms with E-state index in [-0.39, 0.29) is 24.1 Å². The third kappa shape index (κ3) is 4.20. The summed E-state index contributed by atoms with van der Waals surface area (Å²) in [6, 6.07) is 11.8. The number of halogens is 1. The highest BCUT2D eigenvalue weighted by molar-refractivity contribution is 7.92.